The second-order valence-corrected chi connectivity index (χ2v) is 3.23. The summed E-state index contributed by atoms with van der Waals surface area (Å²) in [6, 6.07) is -1.48. The fourth-order valence-corrected chi connectivity index (χ4v) is 0.912. The second-order valence-electron chi connectivity index (χ2n) is 3.23. The molecule has 0 aromatic rings. The van der Waals surface area contributed by atoms with Crippen molar-refractivity contribution < 1.29 is 24.2 Å². The molecular weight excluding hydrogens is 216 g/mol. The highest BCUT2D eigenvalue weighted by Crippen LogP contribution is 1.88. The molecular formula is C9H18N2O5. The lowest BCUT2D eigenvalue weighted by molar-refractivity contribution is -0.138. The number of aliphatic carboxylic acids is 1. The third-order valence-electron chi connectivity index (χ3n) is 1.89. The van der Waals surface area contributed by atoms with Crippen molar-refractivity contribution in [1.82, 2.24) is 10.6 Å². The average molecular weight is 234 g/mol. The van der Waals surface area contributed by atoms with Gasteiger partial charge in [-0.2, -0.15) is 0 Å². The summed E-state index contributed by atoms with van der Waals surface area (Å²) in [5.41, 5.74) is 0. The van der Waals surface area contributed by atoms with Gasteiger partial charge >= 0.3 is 12.0 Å². The number of nitrogens with one attached hydrogen (secondary N) is 2. The van der Waals surface area contributed by atoms with Crippen molar-refractivity contribution in [3.8, 4) is 0 Å². The summed E-state index contributed by atoms with van der Waals surface area (Å²) in [7, 11) is 3.03. The van der Waals surface area contributed by atoms with Crippen molar-refractivity contribution in [3.05, 3.63) is 0 Å². The molecule has 0 aliphatic carbocycles. The van der Waals surface area contributed by atoms with Crippen LogP contribution in [0.3, 0.4) is 0 Å². The van der Waals surface area contributed by atoms with E-state index in [1.807, 2.05) is 0 Å². The molecule has 0 radical (unpaired) electrons. The first-order valence-electron chi connectivity index (χ1n) is 4.80. The Labute approximate surface area is 94.1 Å². The number of rotatable bonds is 7. The van der Waals surface area contributed by atoms with E-state index in [9.17, 15) is 9.59 Å². The molecule has 0 fully saturated rings. The van der Waals surface area contributed by atoms with Gasteiger partial charge in [-0.25, -0.2) is 4.79 Å². The van der Waals surface area contributed by atoms with Gasteiger partial charge in [-0.1, -0.05) is 0 Å². The summed E-state index contributed by atoms with van der Waals surface area (Å²) < 4.78 is 9.87. The van der Waals surface area contributed by atoms with Gasteiger partial charge in [-0.05, 0) is 6.92 Å². The van der Waals surface area contributed by atoms with Gasteiger partial charge in [0, 0.05) is 20.8 Å². The van der Waals surface area contributed by atoms with Crippen LogP contribution in [0.2, 0.25) is 0 Å². The zero-order valence-electron chi connectivity index (χ0n) is 9.65. The first-order valence-corrected chi connectivity index (χ1v) is 4.80. The van der Waals surface area contributed by atoms with Crippen LogP contribution in [0.1, 0.15) is 6.92 Å². The Morgan fingerprint density at radius 1 is 1.38 bits per heavy atom. The maximum absolute atomic E-state index is 11.2. The van der Waals surface area contributed by atoms with E-state index in [1.54, 1.807) is 0 Å². The van der Waals surface area contributed by atoms with Gasteiger partial charge in [0.2, 0.25) is 0 Å². The quantitative estimate of drug-likeness (QED) is 0.547. The number of hydrogen-bond acceptors (Lipinski definition) is 4. The molecule has 0 spiro atoms. The maximum atomic E-state index is 11.2. The molecule has 0 saturated heterocycles. The number of carbonyl (C=O) groups is 2. The Hall–Kier alpha value is -1.34. The molecule has 0 heterocycles. The molecule has 1 unspecified atom stereocenters. The number of methoxy groups -OCH3 is 2. The maximum Gasteiger partial charge on any atom is 0.325 e. The van der Waals surface area contributed by atoms with Crippen molar-refractivity contribution in [1.29, 1.82) is 0 Å². The molecule has 0 rings (SSSR count). The Bertz CT molecular complexity index is 234. The molecule has 2 atom stereocenters. The van der Waals surface area contributed by atoms with E-state index in [-0.39, 0.29) is 12.6 Å². The van der Waals surface area contributed by atoms with Crippen molar-refractivity contribution in [2.24, 2.45) is 0 Å². The number of carboxylic acid groups (broad SMARTS) is 1. The lowest BCUT2D eigenvalue weighted by Crippen LogP contribution is -2.47. The van der Waals surface area contributed by atoms with E-state index in [0.29, 0.717) is 6.61 Å². The van der Waals surface area contributed by atoms with Gasteiger partial charge in [0.25, 0.3) is 0 Å². The molecule has 0 aromatic heterocycles. The number of urea groups is 1. The van der Waals surface area contributed by atoms with Crippen molar-refractivity contribution in [2.45, 2.75) is 19.1 Å². The van der Waals surface area contributed by atoms with Crippen LogP contribution in [0, 0.1) is 0 Å². The minimum Gasteiger partial charge on any atom is -0.480 e. The smallest absolute Gasteiger partial charge is 0.325 e. The molecule has 7 heteroatoms. The van der Waals surface area contributed by atoms with Gasteiger partial charge < -0.3 is 25.2 Å². The SMILES string of the molecule is COCC(CNC(=O)N[C@@H](C)C(=O)O)OC. The van der Waals surface area contributed by atoms with Gasteiger partial charge in [-0.3, -0.25) is 4.79 Å². The highest BCUT2D eigenvalue weighted by Gasteiger charge is 2.14. The van der Waals surface area contributed by atoms with Gasteiger partial charge in [0.1, 0.15) is 6.04 Å². The van der Waals surface area contributed by atoms with E-state index >= 15 is 0 Å². The van der Waals surface area contributed by atoms with E-state index in [2.05, 4.69) is 10.6 Å². The predicted octanol–water partition coefficient (Wildman–Crippen LogP) is -0.580. The molecule has 0 aliphatic rings. The zero-order valence-corrected chi connectivity index (χ0v) is 9.65. The third-order valence-corrected chi connectivity index (χ3v) is 1.89. The van der Waals surface area contributed by atoms with Gasteiger partial charge in [0.15, 0.2) is 0 Å². The van der Waals surface area contributed by atoms with Gasteiger partial charge in [-0.15, -0.1) is 0 Å². The number of carboxylic acids is 1. The number of amides is 2. The summed E-state index contributed by atoms with van der Waals surface area (Å²) in [5.74, 6) is -1.09. The summed E-state index contributed by atoms with van der Waals surface area (Å²) in [5, 5.41) is 13.3. The highest BCUT2D eigenvalue weighted by atomic mass is 16.5. The molecule has 16 heavy (non-hydrogen) atoms. The predicted molar refractivity (Wildman–Crippen MR) is 56.3 cm³/mol. The monoisotopic (exact) mass is 234 g/mol. The Morgan fingerprint density at radius 3 is 2.44 bits per heavy atom. The van der Waals surface area contributed by atoms with Gasteiger partial charge in [0.05, 0.1) is 12.7 Å². The fraction of sp³-hybridized carbons (Fsp3) is 0.778. The molecule has 0 aromatic carbocycles. The Morgan fingerprint density at radius 2 is 2.00 bits per heavy atom. The summed E-state index contributed by atoms with van der Waals surface area (Å²) in [6.45, 7) is 1.98. The Kier molecular flexibility index (Phi) is 7.23. The third kappa shape index (κ3) is 6.20. The standard InChI is InChI=1S/C9H18N2O5/c1-6(8(12)13)11-9(14)10-4-7(16-3)5-15-2/h6-7H,4-5H2,1-3H3,(H,12,13)(H2,10,11,14)/t6-,7?/m0/s1. The first-order chi connectivity index (χ1) is 7.51. The first kappa shape index (κ1) is 14.7. The molecule has 2 amide bonds. The minimum absolute atomic E-state index is 0.252. The lowest BCUT2D eigenvalue weighted by atomic mass is 10.3. The van der Waals surface area contributed by atoms with Crippen molar-refractivity contribution >= 4 is 12.0 Å². The van der Waals surface area contributed by atoms with Crippen LogP contribution in [-0.4, -0.2) is 56.6 Å². The highest BCUT2D eigenvalue weighted by molar-refractivity contribution is 5.82. The van der Waals surface area contributed by atoms with Crippen LogP contribution >= 0.6 is 0 Å². The van der Waals surface area contributed by atoms with Crippen LogP contribution in [0.5, 0.6) is 0 Å². The van der Waals surface area contributed by atoms with E-state index in [4.69, 9.17) is 14.6 Å². The molecule has 0 saturated carbocycles. The van der Waals surface area contributed by atoms with E-state index in [1.165, 1.54) is 21.1 Å². The average Bonchev–Trinajstić information content (AvgIpc) is 2.23. The normalized spacial score (nSPS) is 13.9. The molecule has 94 valence electrons. The Balaban J connectivity index is 3.83. The van der Waals surface area contributed by atoms with Crippen LogP contribution in [0.15, 0.2) is 0 Å². The summed E-state index contributed by atoms with van der Waals surface area (Å²) in [6.07, 6.45) is -0.254. The van der Waals surface area contributed by atoms with Crippen LogP contribution in [0.25, 0.3) is 0 Å². The zero-order chi connectivity index (χ0) is 12.6. The second kappa shape index (κ2) is 7.89. The van der Waals surface area contributed by atoms with Crippen LogP contribution in [0.4, 0.5) is 4.79 Å². The number of carbonyl (C=O) groups excluding carboxylic acids is 1. The number of hydrogen-bond donors (Lipinski definition) is 3. The summed E-state index contributed by atoms with van der Waals surface area (Å²) in [4.78, 5) is 21.6. The van der Waals surface area contributed by atoms with Crippen LogP contribution < -0.4 is 10.6 Å². The van der Waals surface area contributed by atoms with Crippen molar-refractivity contribution in [3.63, 3.8) is 0 Å². The summed E-state index contributed by atoms with van der Waals surface area (Å²) >= 11 is 0. The van der Waals surface area contributed by atoms with E-state index in [0.717, 1.165) is 0 Å². The van der Waals surface area contributed by atoms with E-state index < -0.39 is 18.0 Å². The molecule has 0 aliphatic heterocycles. The minimum atomic E-state index is -1.09. The molecule has 3 N–H and O–H groups in total. The largest absolute Gasteiger partial charge is 0.480 e. The topological polar surface area (TPSA) is 96.9 Å². The fourth-order valence-electron chi connectivity index (χ4n) is 0.912. The van der Waals surface area contributed by atoms with Crippen LogP contribution in [-0.2, 0) is 14.3 Å². The molecule has 0 bridgehead atoms. The van der Waals surface area contributed by atoms with Crippen molar-refractivity contribution in [2.75, 3.05) is 27.4 Å². The lowest BCUT2D eigenvalue weighted by Gasteiger charge is -2.16. The number of ether oxygens (including phenoxy) is 2. The molecule has 7 nitrogen and oxygen atoms in total.